The van der Waals surface area contributed by atoms with Crippen molar-refractivity contribution in [2.45, 2.75) is 58.3 Å². The first kappa shape index (κ1) is 16.7. The van der Waals surface area contributed by atoms with E-state index in [9.17, 15) is 14.7 Å². The molecule has 0 radical (unpaired) electrons. The van der Waals surface area contributed by atoms with E-state index in [0.29, 0.717) is 22.5 Å². The highest BCUT2D eigenvalue weighted by atomic mass is 16.3. The Hall–Kier alpha value is -1.74. The lowest BCUT2D eigenvalue weighted by atomic mass is 9.50. The second-order valence-electron chi connectivity index (χ2n) is 8.93. The average molecular weight is 338 g/mol. The maximum absolute atomic E-state index is 12.6. The van der Waals surface area contributed by atoms with Crippen molar-refractivity contribution in [1.29, 1.82) is 0 Å². The number of ketones is 2. The molecule has 0 heterocycles. The Morgan fingerprint density at radius 3 is 2.60 bits per heavy atom. The summed E-state index contributed by atoms with van der Waals surface area (Å²) < 4.78 is 0. The van der Waals surface area contributed by atoms with E-state index in [1.165, 1.54) is 30.0 Å². The van der Waals surface area contributed by atoms with E-state index < -0.39 is 0 Å². The molecule has 0 bridgehead atoms. The van der Waals surface area contributed by atoms with Crippen LogP contribution in [0.3, 0.4) is 0 Å². The zero-order valence-electron chi connectivity index (χ0n) is 15.3. The van der Waals surface area contributed by atoms with Gasteiger partial charge in [0.1, 0.15) is 0 Å². The summed E-state index contributed by atoms with van der Waals surface area (Å²) in [5, 5.41) is 9.35. The number of aryl methyl sites for hydroxylation is 1. The van der Waals surface area contributed by atoms with E-state index in [2.05, 4.69) is 20.8 Å². The van der Waals surface area contributed by atoms with Crippen LogP contribution in [0, 0.1) is 11.3 Å². The predicted molar refractivity (Wildman–Crippen MR) is 97.1 cm³/mol. The maximum atomic E-state index is 12.6. The summed E-state index contributed by atoms with van der Waals surface area (Å²) in [5.41, 5.74) is 4.08. The SMILES string of the molecule is CC1(C)CCC[C@]2(C)c3cc4c(cc3CC[C@@H]12)C(=O)C(CO)=CC4=O. The quantitative estimate of drug-likeness (QED) is 0.841. The molecule has 1 aromatic rings. The van der Waals surface area contributed by atoms with Crippen LogP contribution >= 0.6 is 0 Å². The molecular formula is C22H26O3. The van der Waals surface area contributed by atoms with Gasteiger partial charge in [0.15, 0.2) is 11.6 Å². The molecule has 1 aromatic carbocycles. The van der Waals surface area contributed by atoms with E-state index in [-0.39, 0.29) is 29.2 Å². The van der Waals surface area contributed by atoms with Gasteiger partial charge < -0.3 is 5.11 Å². The molecule has 0 amide bonds. The molecule has 3 aliphatic rings. The van der Waals surface area contributed by atoms with Crippen molar-refractivity contribution in [3.8, 4) is 0 Å². The van der Waals surface area contributed by atoms with Crippen LogP contribution in [0.1, 0.15) is 78.3 Å². The summed E-state index contributed by atoms with van der Waals surface area (Å²) >= 11 is 0. The highest BCUT2D eigenvalue weighted by Crippen LogP contribution is 2.57. The topological polar surface area (TPSA) is 54.4 Å². The fourth-order valence-corrected chi connectivity index (χ4v) is 5.82. The number of Topliss-reactive ketones (excluding diaryl/α,β-unsaturated/α-hetero) is 1. The number of rotatable bonds is 1. The first-order valence-corrected chi connectivity index (χ1v) is 9.36. The lowest BCUT2D eigenvalue weighted by Crippen LogP contribution is -2.48. The second-order valence-corrected chi connectivity index (χ2v) is 8.93. The van der Waals surface area contributed by atoms with Gasteiger partial charge in [0, 0.05) is 16.7 Å². The van der Waals surface area contributed by atoms with Crippen LogP contribution in [-0.2, 0) is 11.8 Å². The van der Waals surface area contributed by atoms with Crippen LogP contribution in [0.5, 0.6) is 0 Å². The summed E-state index contributed by atoms with van der Waals surface area (Å²) in [5.74, 6) is 0.260. The monoisotopic (exact) mass is 338 g/mol. The molecule has 1 N–H and O–H groups in total. The molecule has 3 nitrogen and oxygen atoms in total. The van der Waals surface area contributed by atoms with Crippen molar-refractivity contribution >= 4 is 11.6 Å². The van der Waals surface area contributed by atoms with E-state index in [4.69, 9.17) is 0 Å². The van der Waals surface area contributed by atoms with Crippen LogP contribution in [-0.4, -0.2) is 23.3 Å². The van der Waals surface area contributed by atoms with Gasteiger partial charge in [-0.2, -0.15) is 0 Å². The largest absolute Gasteiger partial charge is 0.392 e. The van der Waals surface area contributed by atoms with Crippen molar-refractivity contribution < 1.29 is 14.7 Å². The number of fused-ring (bicyclic) bond motifs is 4. The fraction of sp³-hybridized carbons (Fsp3) is 0.545. The molecule has 1 saturated carbocycles. The van der Waals surface area contributed by atoms with Gasteiger partial charge in [-0.3, -0.25) is 9.59 Å². The molecule has 0 saturated heterocycles. The second kappa shape index (κ2) is 5.38. The normalized spacial score (nSPS) is 30.2. The smallest absolute Gasteiger partial charge is 0.192 e. The lowest BCUT2D eigenvalue weighted by molar-refractivity contribution is 0.0406. The molecular weight excluding hydrogens is 312 g/mol. The van der Waals surface area contributed by atoms with Gasteiger partial charge in [-0.05, 0) is 71.8 Å². The molecule has 2 atom stereocenters. The maximum Gasteiger partial charge on any atom is 0.192 e. The number of aliphatic hydroxyl groups is 1. The number of carbonyl (C=O) groups is 2. The van der Waals surface area contributed by atoms with Gasteiger partial charge >= 0.3 is 0 Å². The molecule has 1 fully saturated rings. The van der Waals surface area contributed by atoms with E-state index in [1.807, 2.05) is 12.1 Å². The number of hydrogen-bond acceptors (Lipinski definition) is 3. The molecule has 0 aliphatic heterocycles. The Bertz CT molecular complexity index is 815. The summed E-state index contributed by atoms with van der Waals surface area (Å²) in [7, 11) is 0. The third-order valence-electron chi connectivity index (χ3n) is 7.07. The van der Waals surface area contributed by atoms with Crippen LogP contribution < -0.4 is 0 Å². The first-order valence-electron chi connectivity index (χ1n) is 9.36. The minimum absolute atomic E-state index is 0.0780. The van der Waals surface area contributed by atoms with Gasteiger partial charge in [-0.1, -0.05) is 27.2 Å². The van der Waals surface area contributed by atoms with Gasteiger partial charge in [0.2, 0.25) is 0 Å². The zero-order chi connectivity index (χ0) is 18.0. The molecule has 4 rings (SSSR count). The molecule has 25 heavy (non-hydrogen) atoms. The van der Waals surface area contributed by atoms with Crippen molar-refractivity contribution in [2.24, 2.45) is 11.3 Å². The Morgan fingerprint density at radius 1 is 1.12 bits per heavy atom. The fourth-order valence-electron chi connectivity index (χ4n) is 5.82. The molecule has 0 spiro atoms. The van der Waals surface area contributed by atoms with Crippen molar-refractivity contribution in [2.75, 3.05) is 6.61 Å². The number of allylic oxidation sites excluding steroid dienone is 1. The molecule has 0 aromatic heterocycles. The van der Waals surface area contributed by atoms with Gasteiger partial charge in [0.25, 0.3) is 0 Å². The Kier molecular flexibility index (Phi) is 3.59. The van der Waals surface area contributed by atoms with Crippen molar-refractivity contribution in [3.63, 3.8) is 0 Å². The summed E-state index contributed by atoms with van der Waals surface area (Å²) in [6.07, 6.45) is 7.02. The number of benzene rings is 1. The van der Waals surface area contributed by atoms with Crippen LogP contribution in [0.15, 0.2) is 23.8 Å². The minimum atomic E-state index is -0.380. The number of aliphatic hydroxyl groups excluding tert-OH is 1. The van der Waals surface area contributed by atoms with E-state index in [1.54, 1.807) is 0 Å². The highest BCUT2D eigenvalue weighted by Gasteiger charge is 2.50. The average Bonchev–Trinajstić information content (AvgIpc) is 2.56. The van der Waals surface area contributed by atoms with Crippen molar-refractivity contribution in [3.05, 3.63) is 46.0 Å². The van der Waals surface area contributed by atoms with Gasteiger partial charge in [-0.25, -0.2) is 0 Å². The molecule has 0 unspecified atom stereocenters. The molecule has 132 valence electrons. The molecule has 3 aliphatic carbocycles. The number of carbonyl (C=O) groups excluding carboxylic acids is 2. The Morgan fingerprint density at radius 2 is 1.88 bits per heavy atom. The van der Waals surface area contributed by atoms with Crippen molar-refractivity contribution in [1.82, 2.24) is 0 Å². The highest BCUT2D eigenvalue weighted by molar-refractivity contribution is 6.24. The van der Waals surface area contributed by atoms with E-state index in [0.717, 1.165) is 19.3 Å². The third-order valence-corrected chi connectivity index (χ3v) is 7.07. The summed E-state index contributed by atoms with van der Waals surface area (Å²) in [6, 6.07) is 3.94. The lowest BCUT2D eigenvalue weighted by Gasteiger charge is -2.54. The van der Waals surface area contributed by atoms with Crippen LogP contribution in [0.25, 0.3) is 0 Å². The summed E-state index contributed by atoms with van der Waals surface area (Å²) in [6.45, 7) is 6.73. The van der Waals surface area contributed by atoms with E-state index >= 15 is 0 Å². The first-order chi connectivity index (χ1) is 11.8. The van der Waals surface area contributed by atoms with Gasteiger partial charge in [-0.15, -0.1) is 0 Å². The standard InChI is InChI=1S/C22H26O3/c1-21(2)7-4-8-22(3)17-11-15-16(9-13(17)5-6-19(21)22)20(25)14(12-23)10-18(15)24/h9-11,19,23H,4-8,12H2,1-3H3/t19-,22+/m0/s1. The minimum Gasteiger partial charge on any atom is -0.392 e. The Labute approximate surface area is 149 Å². The third kappa shape index (κ3) is 2.28. The Balaban J connectivity index is 1.88. The zero-order valence-corrected chi connectivity index (χ0v) is 15.3. The summed E-state index contributed by atoms with van der Waals surface area (Å²) in [4.78, 5) is 25.1. The number of hydrogen-bond donors (Lipinski definition) is 1. The predicted octanol–water partition coefficient (Wildman–Crippen LogP) is 4.01. The molecule has 3 heteroatoms. The van der Waals surface area contributed by atoms with Crippen LogP contribution in [0.4, 0.5) is 0 Å². The van der Waals surface area contributed by atoms with Gasteiger partial charge in [0.05, 0.1) is 6.61 Å². The van der Waals surface area contributed by atoms with Crippen LogP contribution in [0.2, 0.25) is 0 Å².